The number of hydrogen-bond donors (Lipinski definition) is 1. The number of aliphatic carboxylic acids is 1. The summed E-state index contributed by atoms with van der Waals surface area (Å²) in [5.41, 5.74) is 0. The van der Waals surface area contributed by atoms with Crippen molar-refractivity contribution in [1.82, 2.24) is 4.90 Å². The molecule has 0 fully saturated rings. The normalized spacial score (nSPS) is 12.7. The van der Waals surface area contributed by atoms with Crippen molar-refractivity contribution in [2.24, 2.45) is 5.92 Å². The molecule has 0 heterocycles. The molecule has 33 heavy (non-hydrogen) atoms. The molecule has 0 amide bonds. The number of carboxylic acids is 1. The smallest absolute Gasteiger partial charge is 0.303 e. The van der Waals surface area contributed by atoms with Crippen LogP contribution in [0, 0.1) is 5.92 Å². The predicted molar refractivity (Wildman–Crippen MR) is 146 cm³/mol. The van der Waals surface area contributed by atoms with Gasteiger partial charge in [0.05, 0.1) is 0 Å². The highest BCUT2D eigenvalue weighted by Crippen LogP contribution is 2.22. The van der Waals surface area contributed by atoms with Crippen LogP contribution < -0.4 is 0 Å². The Hall–Kier alpha value is -0.830. The topological polar surface area (TPSA) is 40.5 Å². The monoisotopic (exact) mass is 465 g/mol. The number of unbranched alkanes of at least 4 members (excludes halogenated alkanes) is 15. The second-order valence-corrected chi connectivity index (χ2v) is 10.5. The van der Waals surface area contributed by atoms with Crippen molar-refractivity contribution in [3.63, 3.8) is 0 Å². The Morgan fingerprint density at radius 2 is 1.12 bits per heavy atom. The molecule has 0 aliphatic carbocycles. The first kappa shape index (κ1) is 32.2. The number of carboxylic acid groups (broad SMARTS) is 1. The molecule has 0 saturated heterocycles. The van der Waals surface area contributed by atoms with Gasteiger partial charge in [-0.2, -0.15) is 0 Å². The highest BCUT2D eigenvalue weighted by Gasteiger charge is 2.09. The first-order chi connectivity index (χ1) is 16.1. The molecule has 1 N–H and O–H groups in total. The zero-order chi connectivity index (χ0) is 24.4. The number of hydrogen-bond acceptors (Lipinski definition) is 2. The molecule has 0 spiro atoms. The third-order valence-electron chi connectivity index (χ3n) is 6.86. The molecule has 0 radical (unpaired) electrons. The van der Waals surface area contributed by atoms with E-state index in [2.05, 4.69) is 38.1 Å². The summed E-state index contributed by atoms with van der Waals surface area (Å²) in [6.07, 6.45) is 32.8. The van der Waals surface area contributed by atoms with E-state index in [1.165, 1.54) is 116 Å². The maximum Gasteiger partial charge on any atom is 0.303 e. The molecule has 1 unspecified atom stereocenters. The Balaban J connectivity index is 3.61. The van der Waals surface area contributed by atoms with Crippen LogP contribution in [0.4, 0.5) is 0 Å². The van der Waals surface area contributed by atoms with Gasteiger partial charge in [0.15, 0.2) is 0 Å². The van der Waals surface area contributed by atoms with Crippen molar-refractivity contribution in [2.45, 2.75) is 148 Å². The van der Waals surface area contributed by atoms with Crippen LogP contribution in [0.25, 0.3) is 0 Å². The van der Waals surface area contributed by atoms with E-state index < -0.39 is 5.97 Å². The number of rotatable bonds is 26. The highest BCUT2D eigenvalue weighted by molar-refractivity contribution is 5.66. The fourth-order valence-electron chi connectivity index (χ4n) is 4.62. The lowest BCUT2D eigenvalue weighted by Crippen LogP contribution is -2.17. The van der Waals surface area contributed by atoms with Gasteiger partial charge >= 0.3 is 5.97 Å². The lowest BCUT2D eigenvalue weighted by Gasteiger charge is -2.19. The molecular formula is C30H59NO2. The van der Waals surface area contributed by atoms with E-state index in [1.807, 2.05) is 0 Å². The minimum atomic E-state index is -0.668. The van der Waals surface area contributed by atoms with E-state index in [4.69, 9.17) is 5.11 Å². The first-order valence-corrected chi connectivity index (χ1v) is 14.6. The van der Waals surface area contributed by atoms with Gasteiger partial charge in [-0.1, -0.05) is 115 Å². The Bertz CT molecular complexity index is 433. The van der Waals surface area contributed by atoms with Crippen LogP contribution in [0.1, 0.15) is 148 Å². The highest BCUT2D eigenvalue weighted by atomic mass is 16.4. The Morgan fingerprint density at radius 1 is 0.667 bits per heavy atom. The molecule has 0 aromatic rings. The molecule has 0 aliphatic heterocycles. The summed E-state index contributed by atoms with van der Waals surface area (Å²) in [4.78, 5) is 12.8. The van der Waals surface area contributed by atoms with Crippen LogP contribution in [-0.4, -0.2) is 36.6 Å². The zero-order valence-corrected chi connectivity index (χ0v) is 22.8. The Labute approximate surface area is 207 Å². The average Bonchev–Trinajstić information content (AvgIpc) is 2.78. The molecule has 0 saturated carbocycles. The van der Waals surface area contributed by atoms with Crippen molar-refractivity contribution in [3.05, 3.63) is 12.2 Å². The average molecular weight is 466 g/mol. The van der Waals surface area contributed by atoms with Gasteiger partial charge in [0.25, 0.3) is 0 Å². The van der Waals surface area contributed by atoms with Crippen LogP contribution in [-0.2, 0) is 4.79 Å². The molecule has 0 aromatic heterocycles. The molecule has 0 aliphatic rings. The summed E-state index contributed by atoms with van der Waals surface area (Å²) in [5, 5.41) is 8.62. The maximum absolute atomic E-state index is 10.5. The molecule has 3 heteroatoms. The third kappa shape index (κ3) is 27.3. The number of allylic oxidation sites excluding steroid dienone is 2. The van der Waals surface area contributed by atoms with Gasteiger partial charge in [0.1, 0.15) is 0 Å². The zero-order valence-electron chi connectivity index (χ0n) is 22.8. The van der Waals surface area contributed by atoms with Gasteiger partial charge in [-0.25, -0.2) is 0 Å². The van der Waals surface area contributed by atoms with Crippen molar-refractivity contribution >= 4 is 5.97 Å². The van der Waals surface area contributed by atoms with E-state index in [0.29, 0.717) is 6.42 Å². The summed E-state index contributed by atoms with van der Waals surface area (Å²) in [6.45, 7) is 3.54. The summed E-state index contributed by atoms with van der Waals surface area (Å²) in [7, 11) is 4.42. The van der Waals surface area contributed by atoms with Crippen LogP contribution in [0.2, 0.25) is 0 Å². The second-order valence-electron chi connectivity index (χ2n) is 10.5. The lowest BCUT2D eigenvalue weighted by molar-refractivity contribution is -0.137. The minimum Gasteiger partial charge on any atom is -0.481 e. The van der Waals surface area contributed by atoms with Crippen LogP contribution in [0.15, 0.2) is 12.2 Å². The molecular weight excluding hydrogens is 406 g/mol. The molecule has 196 valence electrons. The quantitative estimate of drug-likeness (QED) is 0.102. The summed E-state index contributed by atoms with van der Waals surface area (Å²) in [5.74, 6) is 0.274. The van der Waals surface area contributed by atoms with Crippen molar-refractivity contribution in [1.29, 1.82) is 0 Å². The van der Waals surface area contributed by atoms with Gasteiger partial charge in [0, 0.05) is 6.42 Å². The third-order valence-corrected chi connectivity index (χ3v) is 6.86. The molecule has 1 atom stereocenters. The first-order valence-electron chi connectivity index (χ1n) is 14.6. The van der Waals surface area contributed by atoms with E-state index in [0.717, 1.165) is 31.6 Å². The molecule has 0 aromatic carbocycles. The van der Waals surface area contributed by atoms with Gasteiger partial charge in [-0.05, 0) is 65.1 Å². The SMILES string of the molecule is CCCCCCCCCC(CCCCCCCC/C=C\CCCCCC(=O)O)CCN(C)C. The van der Waals surface area contributed by atoms with E-state index in [1.54, 1.807) is 0 Å². The maximum atomic E-state index is 10.5. The van der Waals surface area contributed by atoms with Gasteiger partial charge in [-0.3, -0.25) is 4.79 Å². The van der Waals surface area contributed by atoms with Crippen molar-refractivity contribution in [3.8, 4) is 0 Å². The minimum absolute atomic E-state index is 0.319. The predicted octanol–water partition coefficient (Wildman–Crippen LogP) is 9.41. The molecule has 0 bridgehead atoms. The second kappa shape index (κ2) is 25.8. The fourth-order valence-corrected chi connectivity index (χ4v) is 4.62. The summed E-state index contributed by atoms with van der Waals surface area (Å²) in [6, 6.07) is 0. The lowest BCUT2D eigenvalue weighted by atomic mass is 9.91. The van der Waals surface area contributed by atoms with E-state index in [9.17, 15) is 4.79 Å². The van der Waals surface area contributed by atoms with Crippen molar-refractivity contribution < 1.29 is 9.90 Å². The molecule has 0 rings (SSSR count). The van der Waals surface area contributed by atoms with Gasteiger partial charge in [0.2, 0.25) is 0 Å². The van der Waals surface area contributed by atoms with E-state index >= 15 is 0 Å². The fraction of sp³-hybridized carbons (Fsp3) is 0.900. The van der Waals surface area contributed by atoms with Crippen LogP contribution in [0.5, 0.6) is 0 Å². The van der Waals surface area contributed by atoms with Crippen molar-refractivity contribution in [2.75, 3.05) is 20.6 Å². The Kier molecular flexibility index (Phi) is 25.1. The largest absolute Gasteiger partial charge is 0.481 e. The molecule has 3 nitrogen and oxygen atoms in total. The van der Waals surface area contributed by atoms with Gasteiger partial charge in [-0.15, -0.1) is 0 Å². The van der Waals surface area contributed by atoms with Crippen LogP contribution in [0.3, 0.4) is 0 Å². The standard InChI is InChI=1S/C30H59NO2/c1-4-5-6-7-15-18-21-24-29(27-28-31(2)3)25-22-19-16-13-11-9-8-10-12-14-17-20-23-26-30(32)33/h10,12,29H,4-9,11,13-28H2,1-3H3,(H,32,33)/b12-10-. The Morgan fingerprint density at radius 3 is 1.61 bits per heavy atom. The van der Waals surface area contributed by atoms with Gasteiger partial charge < -0.3 is 10.0 Å². The number of nitrogens with zero attached hydrogens (tertiary/aromatic N) is 1. The van der Waals surface area contributed by atoms with E-state index in [-0.39, 0.29) is 0 Å². The van der Waals surface area contributed by atoms with Crippen LogP contribution >= 0.6 is 0 Å². The number of carbonyl (C=O) groups is 1. The summed E-state index contributed by atoms with van der Waals surface area (Å²) < 4.78 is 0. The summed E-state index contributed by atoms with van der Waals surface area (Å²) >= 11 is 0.